The third-order valence-electron chi connectivity index (χ3n) is 2.92. The summed E-state index contributed by atoms with van der Waals surface area (Å²) in [5.41, 5.74) is 0. The Balaban J connectivity index is 1.98. The first-order chi connectivity index (χ1) is 7.29. The fraction of sp³-hybridized carbons (Fsp3) is 0.636. The van der Waals surface area contributed by atoms with Gasteiger partial charge >= 0.3 is 0 Å². The van der Waals surface area contributed by atoms with Gasteiger partial charge in [-0.05, 0) is 30.9 Å². The number of rotatable bonds is 3. The second kappa shape index (κ2) is 4.79. The molecule has 0 radical (unpaired) electrons. The Morgan fingerprint density at radius 2 is 2.33 bits per heavy atom. The van der Waals surface area contributed by atoms with Gasteiger partial charge in [0, 0.05) is 13.1 Å². The van der Waals surface area contributed by atoms with Crippen LogP contribution in [0.5, 0.6) is 0 Å². The molecule has 1 aromatic rings. The maximum Gasteiger partial charge on any atom is 0.151 e. The fourth-order valence-corrected chi connectivity index (χ4v) is 2.26. The molecule has 15 heavy (non-hydrogen) atoms. The third-order valence-corrected chi connectivity index (χ3v) is 3.13. The van der Waals surface area contributed by atoms with E-state index >= 15 is 0 Å². The highest BCUT2D eigenvalue weighted by Crippen LogP contribution is 2.24. The van der Waals surface area contributed by atoms with Crippen LogP contribution in [0.15, 0.2) is 12.1 Å². The van der Waals surface area contributed by atoms with E-state index in [-0.39, 0.29) is 0 Å². The Labute approximate surface area is 95.5 Å². The van der Waals surface area contributed by atoms with Crippen LogP contribution in [0.4, 0.5) is 5.82 Å². The Morgan fingerprint density at radius 3 is 3.00 bits per heavy atom. The smallest absolute Gasteiger partial charge is 0.151 e. The quantitative estimate of drug-likeness (QED) is 0.792. The van der Waals surface area contributed by atoms with Crippen molar-refractivity contribution in [2.75, 3.05) is 18.0 Å². The largest absolute Gasteiger partial charge is 0.355 e. The molecule has 1 aromatic heterocycles. The summed E-state index contributed by atoms with van der Waals surface area (Å²) in [6.07, 6.45) is 3.86. The molecule has 0 saturated carbocycles. The zero-order valence-corrected chi connectivity index (χ0v) is 9.74. The molecule has 1 aliphatic heterocycles. The van der Waals surface area contributed by atoms with Crippen molar-refractivity contribution < 1.29 is 0 Å². The van der Waals surface area contributed by atoms with Crippen LogP contribution in [0.2, 0.25) is 5.15 Å². The second-order valence-corrected chi connectivity index (χ2v) is 4.49. The number of anilines is 1. The first-order valence-corrected chi connectivity index (χ1v) is 5.91. The number of halogens is 1. The maximum absolute atomic E-state index is 5.70. The average Bonchev–Trinajstić information content (AvgIpc) is 2.68. The second-order valence-electron chi connectivity index (χ2n) is 4.10. The standard InChI is InChI=1S/C11H16ClN3/c1-2-3-9-6-7-15(8-9)11-5-4-10(12)13-14-11/h4-5,9H,2-3,6-8H2,1H3. The molecule has 0 spiro atoms. The van der Waals surface area contributed by atoms with E-state index in [0.717, 1.165) is 24.8 Å². The molecule has 4 heteroatoms. The number of aromatic nitrogens is 2. The molecule has 0 N–H and O–H groups in total. The van der Waals surface area contributed by atoms with Gasteiger partial charge in [0.2, 0.25) is 0 Å². The zero-order chi connectivity index (χ0) is 10.7. The van der Waals surface area contributed by atoms with Crippen molar-refractivity contribution in [3.05, 3.63) is 17.3 Å². The summed E-state index contributed by atoms with van der Waals surface area (Å²) in [4.78, 5) is 2.30. The minimum atomic E-state index is 0.461. The Bertz CT molecular complexity index is 312. The van der Waals surface area contributed by atoms with Crippen LogP contribution >= 0.6 is 11.6 Å². The minimum absolute atomic E-state index is 0.461. The van der Waals surface area contributed by atoms with Gasteiger partial charge in [-0.2, -0.15) is 0 Å². The lowest BCUT2D eigenvalue weighted by Crippen LogP contribution is -2.21. The zero-order valence-electron chi connectivity index (χ0n) is 8.99. The van der Waals surface area contributed by atoms with E-state index in [9.17, 15) is 0 Å². The highest BCUT2D eigenvalue weighted by Gasteiger charge is 2.22. The lowest BCUT2D eigenvalue weighted by molar-refractivity contribution is 0.529. The lowest BCUT2D eigenvalue weighted by Gasteiger charge is -2.16. The van der Waals surface area contributed by atoms with Crippen molar-refractivity contribution in [3.63, 3.8) is 0 Å². The monoisotopic (exact) mass is 225 g/mol. The Hall–Kier alpha value is -0.830. The number of nitrogens with zero attached hydrogens (tertiary/aromatic N) is 3. The van der Waals surface area contributed by atoms with Crippen LogP contribution in [0.3, 0.4) is 0 Å². The number of hydrogen-bond donors (Lipinski definition) is 0. The lowest BCUT2D eigenvalue weighted by atomic mass is 10.0. The van der Waals surface area contributed by atoms with E-state index in [4.69, 9.17) is 11.6 Å². The molecule has 1 atom stereocenters. The molecule has 1 unspecified atom stereocenters. The molecular weight excluding hydrogens is 210 g/mol. The summed E-state index contributed by atoms with van der Waals surface area (Å²) >= 11 is 5.70. The van der Waals surface area contributed by atoms with Crippen LogP contribution in [0, 0.1) is 5.92 Å². The first-order valence-electron chi connectivity index (χ1n) is 5.53. The van der Waals surface area contributed by atoms with Crippen LogP contribution in [0.1, 0.15) is 26.2 Å². The fourth-order valence-electron chi connectivity index (χ4n) is 2.16. The van der Waals surface area contributed by atoms with Gasteiger partial charge in [-0.25, -0.2) is 0 Å². The molecule has 1 fully saturated rings. The summed E-state index contributed by atoms with van der Waals surface area (Å²) in [6.45, 7) is 4.45. The van der Waals surface area contributed by atoms with Crippen LogP contribution in [-0.2, 0) is 0 Å². The first kappa shape index (κ1) is 10.7. The highest BCUT2D eigenvalue weighted by molar-refractivity contribution is 6.29. The molecule has 1 aliphatic rings. The van der Waals surface area contributed by atoms with Gasteiger partial charge in [-0.1, -0.05) is 24.9 Å². The van der Waals surface area contributed by atoms with Crippen LogP contribution in [-0.4, -0.2) is 23.3 Å². The molecule has 3 nitrogen and oxygen atoms in total. The van der Waals surface area contributed by atoms with Gasteiger partial charge in [0.05, 0.1) is 0 Å². The van der Waals surface area contributed by atoms with Gasteiger partial charge in [-0.15, -0.1) is 10.2 Å². The van der Waals surface area contributed by atoms with E-state index < -0.39 is 0 Å². The molecule has 1 saturated heterocycles. The third kappa shape index (κ3) is 2.59. The highest BCUT2D eigenvalue weighted by atomic mass is 35.5. The van der Waals surface area contributed by atoms with E-state index in [1.54, 1.807) is 6.07 Å². The maximum atomic E-state index is 5.70. The molecule has 0 amide bonds. The summed E-state index contributed by atoms with van der Waals surface area (Å²) in [7, 11) is 0. The molecule has 2 rings (SSSR count). The summed E-state index contributed by atoms with van der Waals surface area (Å²) < 4.78 is 0. The predicted octanol–water partition coefficient (Wildman–Crippen LogP) is 2.76. The van der Waals surface area contributed by atoms with Crippen molar-refractivity contribution >= 4 is 17.4 Å². The number of hydrogen-bond acceptors (Lipinski definition) is 3. The van der Waals surface area contributed by atoms with Gasteiger partial charge in [-0.3, -0.25) is 0 Å². The van der Waals surface area contributed by atoms with Gasteiger partial charge < -0.3 is 4.90 Å². The molecule has 0 aromatic carbocycles. The van der Waals surface area contributed by atoms with Crippen molar-refractivity contribution in [2.45, 2.75) is 26.2 Å². The average molecular weight is 226 g/mol. The van der Waals surface area contributed by atoms with E-state index in [1.807, 2.05) is 6.07 Å². The molecule has 2 heterocycles. The van der Waals surface area contributed by atoms with Crippen LogP contribution in [0.25, 0.3) is 0 Å². The van der Waals surface area contributed by atoms with Gasteiger partial charge in [0.1, 0.15) is 0 Å². The summed E-state index contributed by atoms with van der Waals surface area (Å²) in [5.74, 6) is 1.78. The van der Waals surface area contributed by atoms with E-state index in [0.29, 0.717) is 5.15 Å². The molecule has 82 valence electrons. The van der Waals surface area contributed by atoms with Crippen molar-refractivity contribution in [1.29, 1.82) is 0 Å². The van der Waals surface area contributed by atoms with Gasteiger partial charge in [0.25, 0.3) is 0 Å². The summed E-state index contributed by atoms with van der Waals surface area (Å²) in [5, 5.41) is 8.43. The normalized spacial score (nSPS) is 20.9. The SMILES string of the molecule is CCCC1CCN(c2ccc(Cl)nn2)C1. The predicted molar refractivity (Wildman–Crippen MR) is 62.3 cm³/mol. The molecule has 0 aliphatic carbocycles. The van der Waals surface area contributed by atoms with E-state index in [1.165, 1.54) is 19.3 Å². The van der Waals surface area contributed by atoms with Crippen LogP contribution < -0.4 is 4.90 Å². The Morgan fingerprint density at radius 1 is 1.47 bits per heavy atom. The van der Waals surface area contributed by atoms with Crippen molar-refractivity contribution in [2.24, 2.45) is 5.92 Å². The van der Waals surface area contributed by atoms with Gasteiger partial charge in [0.15, 0.2) is 11.0 Å². The van der Waals surface area contributed by atoms with Crippen molar-refractivity contribution in [3.8, 4) is 0 Å². The summed E-state index contributed by atoms with van der Waals surface area (Å²) in [6, 6.07) is 3.75. The molecular formula is C11H16ClN3. The van der Waals surface area contributed by atoms with Crippen molar-refractivity contribution in [1.82, 2.24) is 10.2 Å². The minimum Gasteiger partial charge on any atom is -0.355 e. The Kier molecular flexibility index (Phi) is 3.41. The molecule has 0 bridgehead atoms. The van der Waals surface area contributed by atoms with E-state index in [2.05, 4.69) is 22.0 Å². The topological polar surface area (TPSA) is 29.0 Å².